The zero-order chi connectivity index (χ0) is 16.3. The fourth-order valence-corrected chi connectivity index (χ4v) is 2.44. The molecule has 1 aliphatic carbocycles. The first-order valence-electron chi connectivity index (χ1n) is 7.32. The van der Waals surface area contributed by atoms with Gasteiger partial charge in [-0.05, 0) is 24.1 Å². The highest BCUT2D eigenvalue weighted by Crippen LogP contribution is 2.23. The summed E-state index contributed by atoms with van der Waals surface area (Å²) < 4.78 is 28.0. The lowest BCUT2D eigenvalue weighted by Crippen LogP contribution is -2.29. The summed E-state index contributed by atoms with van der Waals surface area (Å²) in [6.07, 6.45) is 3.90. The minimum absolute atomic E-state index is 0.0416. The topological polar surface area (TPSA) is 55.3 Å². The van der Waals surface area contributed by atoms with Crippen molar-refractivity contribution in [2.45, 2.75) is 32.0 Å². The van der Waals surface area contributed by atoms with E-state index in [0.717, 1.165) is 17.6 Å². The van der Waals surface area contributed by atoms with Gasteiger partial charge in [0, 0.05) is 25.1 Å². The average Bonchev–Trinajstić information content (AvgIpc) is 2.59. The van der Waals surface area contributed by atoms with Crippen LogP contribution < -0.4 is 11.5 Å². The molecule has 5 heteroatoms. The molecular weight excluding hydrogens is 284 g/mol. The van der Waals surface area contributed by atoms with Crippen LogP contribution in [-0.2, 0) is 0 Å². The normalized spacial score (nSPS) is 25.7. The summed E-state index contributed by atoms with van der Waals surface area (Å²) in [5.74, 6) is 5.59. The Kier molecular flexibility index (Phi) is 5.04. The van der Waals surface area contributed by atoms with Crippen LogP contribution in [0.25, 0.3) is 0 Å². The predicted molar refractivity (Wildman–Crippen MR) is 84.8 cm³/mol. The Morgan fingerprint density at radius 3 is 2.82 bits per heavy atom. The van der Waals surface area contributed by atoms with Crippen molar-refractivity contribution in [2.24, 2.45) is 11.5 Å². The van der Waals surface area contributed by atoms with Crippen molar-refractivity contribution in [3.05, 3.63) is 46.6 Å². The highest BCUT2D eigenvalue weighted by molar-refractivity contribution is 5.48. The van der Waals surface area contributed by atoms with Crippen LogP contribution in [0, 0.1) is 11.8 Å². The van der Waals surface area contributed by atoms with Gasteiger partial charge in [-0.25, -0.2) is 8.78 Å². The quantitative estimate of drug-likeness (QED) is 0.731. The Labute approximate surface area is 130 Å². The minimum atomic E-state index is -1.48. The third kappa shape index (κ3) is 3.58. The number of nitrogens with zero attached hydrogens (tertiary/aromatic N) is 1. The van der Waals surface area contributed by atoms with E-state index in [9.17, 15) is 8.78 Å². The summed E-state index contributed by atoms with van der Waals surface area (Å²) in [4.78, 5) is 1.88. The second-order valence-corrected chi connectivity index (χ2v) is 5.53. The van der Waals surface area contributed by atoms with Crippen molar-refractivity contribution in [2.75, 3.05) is 13.6 Å². The lowest BCUT2D eigenvalue weighted by molar-refractivity contribution is 0.354. The van der Waals surface area contributed by atoms with Gasteiger partial charge in [0.15, 0.2) is 0 Å². The first kappa shape index (κ1) is 16.3. The standard InChI is InChI=1S/C17H21F2N3/c1-3-12-8-11(10-22(2)17(12)21)4-6-14-15(18)7-5-13(20)9-16(14)19/h5,7-8,13,16H,3,9-10,20-21H2,1-2H3. The molecule has 2 unspecified atom stereocenters. The van der Waals surface area contributed by atoms with E-state index >= 15 is 0 Å². The third-order valence-electron chi connectivity index (χ3n) is 3.77. The molecule has 3 nitrogen and oxygen atoms in total. The fraction of sp³-hybridized carbons (Fsp3) is 0.412. The Bertz CT molecular complexity index is 632. The lowest BCUT2D eigenvalue weighted by atomic mass is 10.0. The molecule has 2 aliphatic rings. The van der Waals surface area contributed by atoms with Crippen molar-refractivity contribution in [1.29, 1.82) is 0 Å². The number of rotatable bonds is 1. The third-order valence-corrected chi connectivity index (χ3v) is 3.77. The Morgan fingerprint density at radius 2 is 2.14 bits per heavy atom. The predicted octanol–water partition coefficient (Wildman–Crippen LogP) is 2.29. The van der Waals surface area contributed by atoms with Crippen LogP contribution in [0.1, 0.15) is 19.8 Å². The van der Waals surface area contributed by atoms with Gasteiger partial charge >= 0.3 is 0 Å². The molecule has 0 aromatic carbocycles. The molecule has 0 amide bonds. The molecule has 0 bridgehead atoms. The number of allylic oxidation sites excluding steroid dienone is 5. The van der Waals surface area contributed by atoms with E-state index in [-0.39, 0.29) is 12.0 Å². The molecule has 1 aliphatic heterocycles. The fourth-order valence-electron chi connectivity index (χ4n) is 2.44. The Hall–Kier alpha value is -2.06. The maximum atomic E-state index is 14.1. The van der Waals surface area contributed by atoms with Crippen LogP contribution in [-0.4, -0.2) is 30.7 Å². The first-order chi connectivity index (χ1) is 10.4. The number of alkyl halides is 1. The lowest BCUT2D eigenvalue weighted by Gasteiger charge is -2.25. The molecule has 2 atom stereocenters. The van der Waals surface area contributed by atoms with E-state index in [0.29, 0.717) is 12.4 Å². The van der Waals surface area contributed by atoms with Gasteiger partial charge in [0.25, 0.3) is 0 Å². The number of hydrogen-bond donors (Lipinski definition) is 2. The number of hydrogen-bond acceptors (Lipinski definition) is 3. The van der Waals surface area contributed by atoms with Gasteiger partial charge in [-0.3, -0.25) is 0 Å². The molecule has 0 aromatic rings. The van der Waals surface area contributed by atoms with Crippen LogP contribution in [0.3, 0.4) is 0 Å². The van der Waals surface area contributed by atoms with Crippen molar-refractivity contribution in [3.63, 3.8) is 0 Å². The molecule has 2 rings (SSSR count). The minimum Gasteiger partial charge on any atom is -0.385 e. The molecule has 0 saturated heterocycles. The molecule has 1 heterocycles. The van der Waals surface area contributed by atoms with E-state index < -0.39 is 18.0 Å². The summed E-state index contributed by atoms with van der Waals surface area (Å²) in [5.41, 5.74) is 13.3. The largest absolute Gasteiger partial charge is 0.385 e. The number of halogens is 2. The molecule has 0 saturated carbocycles. The molecule has 0 radical (unpaired) electrons. The van der Waals surface area contributed by atoms with Crippen LogP contribution >= 0.6 is 0 Å². The van der Waals surface area contributed by atoms with Crippen LogP contribution in [0.15, 0.2) is 46.6 Å². The second-order valence-electron chi connectivity index (χ2n) is 5.53. The van der Waals surface area contributed by atoms with E-state index in [2.05, 4.69) is 11.8 Å². The molecular formula is C17H21F2N3. The van der Waals surface area contributed by atoms with Gasteiger partial charge in [0.2, 0.25) is 0 Å². The maximum absolute atomic E-state index is 14.1. The Morgan fingerprint density at radius 1 is 1.41 bits per heavy atom. The summed E-state index contributed by atoms with van der Waals surface area (Å²) in [5, 5.41) is 0. The van der Waals surface area contributed by atoms with Gasteiger partial charge < -0.3 is 16.4 Å². The molecule has 0 fully saturated rings. The van der Waals surface area contributed by atoms with Gasteiger partial charge in [0.05, 0.1) is 12.1 Å². The van der Waals surface area contributed by atoms with E-state index in [1.807, 2.05) is 24.9 Å². The van der Waals surface area contributed by atoms with Gasteiger partial charge in [-0.1, -0.05) is 24.8 Å². The number of likely N-dealkylation sites (N-methyl/N-ethyl adjacent to an activating group) is 1. The summed E-state index contributed by atoms with van der Waals surface area (Å²) in [7, 11) is 1.87. The van der Waals surface area contributed by atoms with Crippen molar-refractivity contribution in [1.82, 2.24) is 4.90 Å². The maximum Gasteiger partial charge on any atom is 0.137 e. The number of nitrogens with two attached hydrogens (primary N) is 2. The van der Waals surface area contributed by atoms with Crippen LogP contribution in [0.5, 0.6) is 0 Å². The van der Waals surface area contributed by atoms with Gasteiger partial charge in [0.1, 0.15) is 17.8 Å². The van der Waals surface area contributed by atoms with Gasteiger partial charge in [-0.15, -0.1) is 0 Å². The summed E-state index contributed by atoms with van der Waals surface area (Å²) in [6, 6.07) is -0.491. The SMILES string of the molecule is CCC1=C(N)N(C)CC(C#CC2=C(F)C=CC(N)CC2F)=C1. The summed E-state index contributed by atoms with van der Waals surface area (Å²) in [6.45, 7) is 2.53. The van der Waals surface area contributed by atoms with E-state index in [4.69, 9.17) is 11.5 Å². The molecule has 0 spiro atoms. The van der Waals surface area contributed by atoms with E-state index in [1.165, 1.54) is 12.2 Å². The van der Waals surface area contributed by atoms with Crippen molar-refractivity contribution in [3.8, 4) is 11.8 Å². The highest BCUT2D eigenvalue weighted by Gasteiger charge is 2.21. The van der Waals surface area contributed by atoms with Crippen LogP contribution in [0.2, 0.25) is 0 Å². The van der Waals surface area contributed by atoms with E-state index in [1.54, 1.807) is 0 Å². The zero-order valence-corrected chi connectivity index (χ0v) is 12.9. The molecule has 0 aromatic heterocycles. The van der Waals surface area contributed by atoms with Gasteiger partial charge in [-0.2, -0.15) is 0 Å². The van der Waals surface area contributed by atoms with Crippen molar-refractivity contribution >= 4 is 0 Å². The summed E-state index contributed by atoms with van der Waals surface area (Å²) >= 11 is 0. The molecule has 118 valence electrons. The second kappa shape index (κ2) is 6.80. The first-order valence-corrected chi connectivity index (χ1v) is 7.32. The monoisotopic (exact) mass is 305 g/mol. The molecule has 4 N–H and O–H groups in total. The Balaban J connectivity index is 2.29. The van der Waals surface area contributed by atoms with Crippen LogP contribution in [0.4, 0.5) is 8.78 Å². The average molecular weight is 305 g/mol. The smallest absolute Gasteiger partial charge is 0.137 e. The molecule has 22 heavy (non-hydrogen) atoms. The highest BCUT2D eigenvalue weighted by atomic mass is 19.1. The zero-order valence-electron chi connectivity index (χ0n) is 12.9. The van der Waals surface area contributed by atoms with Crippen molar-refractivity contribution < 1.29 is 8.78 Å².